The van der Waals surface area contributed by atoms with E-state index in [0.29, 0.717) is 22.0 Å². The van der Waals surface area contributed by atoms with Crippen molar-refractivity contribution in [3.8, 4) is 5.69 Å². The first kappa shape index (κ1) is 17.9. The molecule has 0 fully saturated rings. The molecular weight excluding hydrogens is 380 g/mol. The summed E-state index contributed by atoms with van der Waals surface area (Å²) in [6.07, 6.45) is 1.32. The molecule has 4 rings (SSSR count). The number of rotatable bonds is 4. The van der Waals surface area contributed by atoms with Gasteiger partial charge < -0.3 is 5.32 Å². The summed E-state index contributed by atoms with van der Waals surface area (Å²) in [4.78, 5) is 29.3. The monoisotopic (exact) mass is 394 g/mol. The van der Waals surface area contributed by atoms with Crippen molar-refractivity contribution in [1.82, 2.24) is 24.5 Å². The fourth-order valence-electron chi connectivity index (χ4n) is 2.77. The largest absolute Gasteiger partial charge is 0.324 e. The molecule has 0 aliphatic rings. The fourth-order valence-corrected chi connectivity index (χ4v) is 2.90. The molecule has 2 aromatic heterocycles. The van der Waals surface area contributed by atoms with Crippen molar-refractivity contribution in [3.63, 3.8) is 0 Å². The van der Waals surface area contributed by atoms with Crippen LogP contribution >= 0.6 is 11.6 Å². The van der Waals surface area contributed by atoms with Crippen LogP contribution in [0.25, 0.3) is 16.9 Å². The average Bonchev–Trinajstić information content (AvgIpc) is 3.11. The zero-order valence-electron chi connectivity index (χ0n) is 14.8. The van der Waals surface area contributed by atoms with E-state index in [1.54, 1.807) is 30.3 Å². The third-order valence-electron chi connectivity index (χ3n) is 4.23. The van der Waals surface area contributed by atoms with Crippen LogP contribution in [0.15, 0.2) is 59.7 Å². The van der Waals surface area contributed by atoms with Gasteiger partial charge in [0, 0.05) is 10.7 Å². The van der Waals surface area contributed by atoms with Crippen molar-refractivity contribution in [2.75, 3.05) is 5.32 Å². The summed E-state index contributed by atoms with van der Waals surface area (Å²) in [6.45, 7) is 1.72. The Kier molecular flexibility index (Phi) is 4.62. The number of aryl methyl sites for hydroxylation is 1. The Hall–Kier alpha value is -3.52. The van der Waals surface area contributed by atoms with Crippen LogP contribution < -0.4 is 10.9 Å². The average molecular weight is 395 g/mol. The van der Waals surface area contributed by atoms with E-state index in [9.17, 15) is 9.59 Å². The summed E-state index contributed by atoms with van der Waals surface area (Å²) < 4.78 is 2.65. The highest BCUT2D eigenvalue weighted by Gasteiger charge is 2.15. The Bertz CT molecular complexity index is 1230. The van der Waals surface area contributed by atoms with Crippen LogP contribution in [0.4, 0.5) is 5.69 Å². The Morgan fingerprint density at radius 1 is 1.14 bits per heavy atom. The van der Waals surface area contributed by atoms with Crippen LogP contribution in [0.5, 0.6) is 0 Å². The van der Waals surface area contributed by atoms with Crippen molar-refractivity contribution < 1.29 is 4.79 Å². The van der Waals surface area contributed by atoms with Crippen LogP contribution in [0.3, 0.4) is 0 Å². The molecular formula is C19H15ClN6O2. The van der Waals surface area contributed by atoms with E-state index in [0.717, 1.165) is 5.56 Å². The maximum atomic E-state index is 12.7. The number of amides is 1. The van der Waals surface area contributed by atoms with Crippen molar-refractivity contribution in [2.24, 2.45) is 0 Å². The summed E-state index contributed by atoms with van der Waals surface area (Å²) in [7, 11) is 0. The second-order valence-electron chi connectivity index (χ2n) is 6.19. The molecule has 2 heterocycles. The number of carbonyl (C=O) groups is 1. The predicted octanol–water partition coefficient (Wildman–Crippen LogP) is 2.58. The van der Waals surface area contributed by atoms with E-state index in [4.69, 9.17) is 11.6 Å². The van der Waals surface area contributed by atoms with Gasteiger partial charge in [0.05, 0.1) is 5.69 Å². The Morgan fingerprint density at radius 2 is 1.89 bits per heavy atom. The first-order valence-electron chi connectivity index (χ1n) is 8.45. The minimum Gasteiger partial charge on any atom is -0.324 e. The lowest BCUT2D eigenvalue weighted by atomic mass is 10.2. The molecule has 9 heteroatoms. The normalized spacial score (nSPS) is 10.9. The number of para-hydroxylation sites is 1. The number of halogens is 1. The predicted molar refractivity (Wildman–Crippen MR) is 106 cm³/mol. The van der Waals surface area contributed by atoms with Crippen LogP contribution in [-0.2, 0) is 11.3 Å². The van der Waals surface area contributed by atoms with Gasteiger partial charge in [0.15, 0.2) is 11.2 Å². The highest BCUT2D eigenvalue weighted by Crippen LogP contribution is 2.16. The van der Waals surface area contributed by atoms with Crippen molar-refractivity contribution in [1.29, 1.82) is 0 Å². The van der Waals surface area contributed by atoms with E-state index in [1.807, 2.05) is 25.1 Å². The number of fused-ring (bicyclic) bond motifs is 1. The molecule has 0 aliphatic carbocycles. The molecule has 0 saturated heterocycles. The lowest BCUT2D eigenvalue weighted by Crippen LogP contribution is -2.28. The summed E-state index contributed by atoms with van der Waals surface area (Å²) in [5.41, 5.74) is 2.26. The SMILES string of the molecule is Cc1ccccc1NC(=O)Cn1cnc2c(nnn2-c2ccc(Cl)cc2)c1=O. The van der Waals surface area contributed by atoms with Crippen LogP contribution in [0, 0.1) is 6.92 Å². The number of nitrogens with one attached hydrogen (secondary N) is 1. The van der Waals surface area contributed by atoms with Crippen molar-refractivity contribution in [2.45, 2.75) is 13.5 Å². The molecule has 0 spiro atoms. The van der Waals surface area contributed by atoms with E-state index in [-0.39, 0.29) is 18.0 Å². The topological polar surface area (TPSA) is 94.7 Å². The zero-order chi connectivity index (χ0) is 19.7. The summed E-state index contributed by atoms with van der Waals surface area (Å²) >= 11 is 5.90. The number of aromatic nitrogens is 5. The smallest absolute Gasteiger partial charge is 0.284 e. The minimum atomic E-state index is -0.440. The molecule has 2 aromatic carbocycles. The van der Waals surface area contributed by atoms with Gasteiger partial charge in [-0.25, -0.2) is 4.98 Å². The van der Waals surface area contributed by atoms with E-state index >= 15 is 0 Å². The molecule has 8 nitrogen and oxygen atoms in total. The van der Waals surface area contributed by atoms with Gasteiger partial charge in [0.2, 0.25) is 5.91 Å². The second-order valence-corrected chi connectivity index (χ2v) is 6.63. The van der Waals surface area contributed by atoms with E-state index < -0.39 is 5.56 Å². The Morgan fingerprint density at radius 3 is 2.64 bits per heavy atom. The highest BCUT2D eigenvalue weighted by atomic mass is 35.5. The summed E-state index contributed by atoms with van der Waals surface area (Å²) in [5, 5.41) is 11.3. The summed E-state index contributed by atoms with van der Waals surface area (Å²) in [6, 6.07) is 14.3. The maximum Gasteiger partial charge on any atom is 0.284 e. The standard InChI is InChI=1S/C19H15ClN6O2/c1-12-4-2-3-5-15(12)22-16(27)10-25-11-21-18-17(19(25)28)23-24-26(18)14-8-6-13(20)7-9-14/h2-9,11H,10H2,1H3,(H,22,27). The Balaban J connectivity index is 1.62. The van der Waals surface area contributed by atoms with Crippen LogP contribution in [0.1, 0.15) is 5.56 Å². The number of benzene rings is 2. The van der Waals surface area contributed by atoms with Gasteiger partial charge in [-0.3, -0.25) is 14.2 Å². The van der Waals surface area contributed by atoms with E-state index in [2.05, 4.69) is 20.6 Å². The quantitative estimate of drug-likeness (QED) is 0.574. The van der Waals surface area contributed by atoms with Gasteiger partial charge in [0.1, 0.15) is 12.9 Å². The molecule has 0 bridgehead atoms. The second kappa shape index (κ2) is 7.24. The van der Waals surface area contributed by atoms with Gasteiger partial charge in [-0.15, -0.1) is 5.10 Å². The van der Waals surface area contributed by atoms with Crippen LogP contribution in [0.2, 0.25) is 5.02 Å². The van der Waals surface area contributed by atoms with Gasteiger partial charge in [-0.1, -0.05) is 35.0 Å². The summed E-state index contributed by atoms with van der Waals surface area (Å²) in [5.74, 6) is -0.331. The molecule has 0 atom stereocenters. The van der Waals surface area contributed by atoms with Gasteiger partial charge in [0.25, 0.3) is 5.56 Å². The molecule has 0 aliphatic heterocycles. The molecule has 1 N–H and O–H groups in total. The van der Waals surface area contributed by atoms with E-state index in [1.165, 1.54) is 15.6 Å². The molecule has 1 amide bonds. The van der Waals surface area contributed by atoms with Crippen molar-refractivity contribution in [3.05, 3.63) is 75.8 Å². The van der Waals surface area contributed by atoms with Gasteiger partial charge in [-0.2, -0.15) is 4.68 Å². The number of nitrogens with zero attached hydrogens (tertiary/aromatic N) is 5. The molecule has 140 valence electrons. The number of hydrogen-bond acceptors (Lipinski definition) is 5. The third kappa shape index (κ3) is 3.37. The van der Waals surface area contributed by atoms with Gasteiger partial charge >= 0.3 is 0 Å². The lowest BCUT2D eigenvalue weighted by molar-refractivity contribution is -0.116. The molecule has 0 radical (unpaired) electrons. The lowest BCUT2D eigenvalue weighted by Gasteiger charge is -2.09. The molecule has 28 heavy (non-hydrogen) atoms. The molecule has 0 saturated carbocycles. The first-order chi connectivity index (χ1) is 13.5. The van der Waals surface area contributed by atoms with Crippen LogP contribution in [-0.4, -0.2) is 30.5 Å². The number of hydrogen-bond donors (Lipinski definition) is 1. The highest BCUT2D eigenvalue weighted by molar-refractivity contribution is 6.30. The Labute approximate surface area is 164 Å². The number of carbonyl (C=O) groups excluding carboxylic acids is 1. The number of anilines is 1. The first-order valence-corrected chi connectivity index (χ1v) is 8.83. The zero-order valence-corrected chi connectivity index (χ0v) is 15.6. The van der Waals surface area contributed by atoms with Crippen molar-refractivity contribution >= 4 is 34.4 Å². The minimum absolute atomic E-state index is 0.0844. The third-order valence-corrected chi connectivity index (χ3v) is 4.49. The maximum absolute atomic E-state index is 12.7. The molecule has 4 aromatic rings. The fraction of sp³-hybridized carbons (Fsp3) is 0.105. The van der Waals surface area contributed by atoms with Gasteiger partial charge in [-0.05, 0) is 42.8 Å². The molecule has 0 unspecified atom stereocenters.